The summed E-state index contributed by atoms with van der Waals surface area (Å²) < 4.78 is 6.06. The van der Waals surface area contributed by atoms with Gasteiger partial charge in [0.25, 0.3) is 5.91 Å². The molecule has 1 saturated carbocycles. The first-order valence-electron chi connectivity index (χ1n) is 11.1. The lowest BCUT2D eigenvalue weighted by atomic mass is 9.75. The molecule has 0 bridgehead atoms. The molecule has 2 N–H and O–H groups in total. The largest absolute Gasteiger partial charge is 0.451 e. The molecule has 2 heterocycles. The molecule has 0 aromatic heterocycles. The first kappa shape index (κ1) is 21.5. The number of carbonyl (C=O) groups is 2. The van der Waals surface area contributed by atoms with Crippen molar-refractivity contribution in [3.05, 3.63) is 82.0 Å². The maximum Gasteiger partial charge on any atom is 0.339 e. The van der Waals surface area contributed by atoms with Crippen molar-refractivity contribution in [1.82, 2.24) is 5.32 Å². The highest BCUT2D eigenvalue weighted by atomic mass is 35.5. The number of anilines is 1. The minimum atomic E-state index is -0.648. The molecule has 2 aromatic carbocycles. The van der Waals surface area contributed by atoms with E-state index in [0.29, 0.717) is 21.9 Å². The van der Waals surface area contributed by atoms with E-state index in [1.807, 2.05) is 42.5 Å². The topological polar surface area (TPSA) is 79.8 Å². The molecule has 0 unspecified atom stereocenters. The van der Waals surface area contributed by atoms with Crippen LogP contribution in [0.4, 0.5) is 5.69 Å². The molecule has 2 aromatic rings. The zero-order valence-electron chi connectivity index (χ0n) is 18.3. The van der Waals surface area contributed by atoms with Gasteiger partial charge in [0.05, 0.1) is 16.3 Å². The standard InChI is InChI=1S/C26H24ClN3O3/c1-16(22-23(31)30-25(29-22)28-19-13-7-6-12-18(19)27)20-21(17-10-4-2-5-11-17)26(33-24(20)32)14-8-3-9-15-26/h2,4-7,10-13H,3,8-9,14-15H2,1H3,(H2,28,29,30,31)/b22-16+. The second-order valence-corrected chi connectivity index (χ2v) is 8.96. The van der Waals surface area contributed by atoms with E-state index in [-0.39, 0.29) is 17.6 Å². The Morgan fingerprint density at radius 1 is 1.03 bits per heavy atom. The molecule has 6 nitrogen and oxygen atoms in total. The van der Waals surface area contributed by atoms with E-state index in [1.165, 1.54) is 0 Å². The maximum absolute atomic E-state index is 13.2. The molecule has 7 heteroatoms. The van der Waals surface area contributed by atoms with Crippen molar-refractivity contribution in [2.75, 3.05) is 5.32 Å². The quantitative estimate of drug-likeness (QED) is 0.484. The maximum atomic E-state index is 13.2. The van der Waals surface area contributed by atoms with Crippen LogP contribution in [0.15, 0.2) is 76.4 Å². The molecule has 3 aliphatic rings. The third-order valence-corrected chi connectivity index (χ3v) is 6.78. The number of para-hydroxylation sites is 1. The number of carbonyl (C=O) groups excluding carboxylic acids is 2. The van der Waals surface area contributed by atoms with Crippen molar-refractivity contribution in [2.45, 2.75) is 44.6 Å². The normalized spacial score (nSPS) is 21.1. The van der Waals surface area contributed by atoms with E-state index in [1.54, 1.807) is 19.1 Å². The van der Waals surface area contributed by atoms with E-state index in [0.717, 1.165) is 43.2 Å². The summed E-state index contributed by atoms with van der Waals surface area (Å²) >= 11 is 6.22. The van der Waals surface area contributed by atoms with Crippen LogP contribution in [0.2, 0.25) is 5.02 Å². The van der Waals surface area contributed by atoms with Gasteiger partial charge in [0.1, 0.15) is 11.3 Å². The number of nitrogens with zero attached hydrogens (tertiary/aromatic N) is 1. The van der Waals surface area contributed by atoms with E-state index >= 15 is 0 Å². The zero-order valence-corrected chi connectivity index (χ0v) is 19.0. The van der Waals surface area contributed by atoms with Gasteiger partial charge in [-0.3, -0.25) is 10.1 Å². The average Bonchev–Trinajstić information content (AvgIpc) is 3.32. The third kappa shape index (κ3) is 3.85. The van der Waals surface area contributed by atoms with Gasteiger partial charge < -0.3 is 10.1 Å². The second-order valence-electron chi connectivity index (χ2n) is 8.55. The zero-order chi connectivity index (χ0) is 23.0. The highest BCUT2D eigenvalue weighted by Gasteiger charge is 2.49. The molecule has 0 saturated heterocycles. The summed E-state index contributed by atoms with van der Waals surface area (Å²) in [6, 6.07) is 17.0. The smallest absolute Gasteiger partial charge is 0.339 e. The molecule has 0 radical (unpaired) electrons. The van der Waals surface area contributed by atoms with Gasteiger partial charge in [0, 0.05) is 5.57 Å². The molecular weight excluding hydrogens is 438 g/mol. The molecule has 2 aliphatic heterocycles. The van der Waals surface area contributed by atoms with Gasteiger partial charge in [-0.25, -0.2) is 9.79 Å². The van der Waals surface area contributed by atoms with Crippen LogP contribution >= 0.6 is 11.6 Å². The fourth-order valence-corrected chi connectivity index (χ4v) is 5.10. The van der Waals surface area contributed by atoms with Gasteiger partial charge in [0.15, 0.2) is 0 Å². The first-order valence-corrected chi connectivity index (χ1v) is 11.5. The van der Waals surface area contributed by atoms with Crippen LogP contribution in [0.5, 0.6) is 0 Å². The number of benzene rings is 2. The molecule has 33 heavy (non-hydrogen) atoms. The SMILES string of the molecule is C/C(C1=C(c2ccccc2)C2(CCCCC2)OC1=O)=C1\N=C(Nc2ccccc2Cl)NC1=O. The second kappa shape index (κ2) is 8.52. The Kier molecular flexibility index (Phi) is 5.54. The predicted molar refractivity (Wildman–Crippen MR) is 129 cm³/mol. The Balaban J connectivity index is 1.61. The Morgan fingerprint density at radius 3 is 2.45 bits per heavy atom. The summed E-state index contributed by atoms with van der Waals surface area (Å²) in [6.45, 7) is 1.76. The summed E-state index contributed by atoms with van der Waals surface area (Å²) in [5.41, 5.74) is 2.93. The van der Waals surface area contributed by atoms with Crippen molar-refractivity contribution in [1.29, 1.82) is 0 Å². The van der Waals surface area contributed by atoms with Gasteiger partial charge in [-0.2, -0.15) is 0 Å². The van der Waals surface area contributed by atoms with Gasteiger partial charge in [-0.1, -0.05) is 60.5 Å². The van der Waals surface area contributed by atoms with Gasteiger partial charge in [-0.05, 0) is 55.9 Å². The van der Waals surface area contributed by atoms with Crippen LogP contribution in [0.3, 0.4) is 0 Å². The van der Waals surface area contributed by atoms with Crippen molar-refractivity contribution >= 4 is 40.7 Å². The molecule has 5 rings (SSSR count). The molecule has 1 aliphatic carbocycles. The fraction of sp³-hybridized carbons (Fsp3) is 0.269. The summed E-state index contributed by atoms with van der Waals surface area (Å²) in [5, 5.41) is 6.29. The van der Waals surface area contributed by atoms with Gasteiger partial charge in [0.2, 0.25) is 5.96 Å². The number of aliphatic imine (C=N–C) groups is 1. The van der Waals surface area contributed by atoms with Crippen molar-refractivity contribution in [2.24, 2.45) is 4.99 Å². The lowest BCUT2D eigenvalue weighted by molar-refractivity contribution is -0.147. The number of halogens is 1. The van der Waals surface area contributed by atoms with E-state index in [4.69, 9.17) is 16.3 Å². The average molecular weight is 462 g/mol. The van der Waals surface area contributed by atoms with Crippen LogP contribution in [0.25, 0.3) is 5.57 Å². The number of guanidine groups is 1. The van der Waals surface area contributed by atoms with Crippen LogP contribution in [-0.2, 0) is 14.3 Å². The number of hydrogen-bond acceptors (Lipinski definition) is 5. The van der Waals surface area contributed by atoms with Crippen molar-refractivity contribution < 1.29 is 14.3 Å². The Morgan fingerprint density at radius 2 is 1.73 bits per heavy atom. The van der Waals surface area contributed by atoms with Crippen LogP contribution in [-0.4, -0.2) is 23.4 Å². The molecular formula is C26H24ClN3O3. The molecule has 1 fully saturated rings. The Bertz CT molecular complexity index is 1220. The number of nitrogens with one attached hydrogen (secondary N) is 2. The first-order chi connectivity index (χ1) is 16.0. The molecule has 168 valence electrons. The Hall–Kier alpha value is -3.38. The van der Waals surface area contributed by atoms with Gasteiger partial charge in [-0.15, -0.1) is 0 Å². The third-order valence-electron chi connectivity index (χ3n) is 6.45. The van der Waals surface area contributed by atoms with Crippen molar-refractivity contribution in [3.63, 3.8) is 0 Å². The van der Waals surface area contributed by atoms with E-state index < -0.39 is 11.6 Å². The summed E-state index contributed by atoms with van der Waals surface area (Å²) in [5.74, 6) is -0.501. The number of rotatable bonds is 3. The lowest BCUT2D eigenvalue weighted by Gasteiger charge is -2.34. The number of esters is 1. The molecule has 0 atom stereocenters. The minimum Gasteiger partial charge on any atom is -0.451 e. The van der Waals surface area contributed by atoms with Crippen LogP contribution in [0, 0.1) is 0 Å². The number of amides is 1. The fourth-order valence-electron chi connectivity index (χ4n) is 4.92. The summed E-state index contributed by atoms with van der Waals surface area (Å²) in [7, 11) is 0. The minimum absolute atomic E-state index is 0.192. The van der Waals surface area contributed by atoms with Crippen LogP contribution in [0.1, 0.15) is 44.6 Å². The lowest BCUT2D eigenvalue weighted by Crippen LogP contribution is -2.33. The van der Waals surface area contributed by atoms with Crippen molar-refractivity contribution in [3.8, 4) is 0 Å². The van der Waals surface area contributed by atoms with E-state index in [2.05, 4.69) is 15.6 Å². The number of ether oxygens (including phenoxy) is 1. The van der Waals surface area contributed by atoms with Gasteiger partial charge >= 0.3 is 5.97 Å². The number of hydrogen-bond donors (Lipinski definition) is 2. The predicted octanol–water partition coefficient (Wildman–Crippen LogP) is 5.23. The van der Waals surface area contributed by atoms with E-state index in [9.17, 15) is 9.59 Å². The molecule has 1 amide bonds. The summed E-state index contributed by atoms with van der Waals surface area (Å²) in [6.07, 6.45) is 4.68. The Labute approximate surface area is 197 Å². The highest BCUT2D eigenvalue weighted by molar-refractivity contribution is 6.34. The summed E-state index contributed by atoms with van der Waals surface area (Å²) in [4.78, 5) is 30.5. The highest BCUT2D eigenvalue weighted by Crippen LogP contribution is 2.50. The van der Waals surface area contributed by atoms with Crippen LogP contribution < -0.4 is 10.6 Å². The molecule has 1 spiro atoms. The monoisotopic (exact) mass is 461 g/mol.